The van der Waals surface area contributed by atoms with Crippen LogP contribution in [0.2, 0.25) is 5.02 Å². The van der Waals surface area contributed by atoms with Gasteiger partial charge in [-0.25, -0.2) is 8.42 Å². The van der Waals surface area contributed by atoms with E-state index in [1.54, 1.807) is 49.0 Å². The minimum absolute atomic E-state index is 0.0959. The highest BCUT2D eigenvalue weighted by Gasteiger charge is 2.28. The monoisotopic (exact) mass is 524 g/mol. The zero-order valence-electron chi connectivity index (χ0n) is 18.7. The smallest absolute Gasteiger partial charge is 0.264 e. The molecule has 3 aromatic rings. The Morgan fingerprint density at radius 3 is 2.48 bits per heavy atom. The van der Waals surface area contributed by atoms with E-state index in [4.69, 9.17) is 11.6 Å². The molecular weight excluding hydrogens is 500 g/mol. The van der Waals surface area contributed by atoms with Gasteiger partial charge in [-0.05, 0) is 55.7 Å². The van der Waals surface area contributed by atoms with Crippen molar-refractivity contribution in [2.45, 2.75) is 36.9 Å². The summed E-state index contributed by atoms with van der Waals surface area (Å²) in [7, 11) is -4.01. The van der Waals surface area contributed by atoms with E-state index >= 15 is 0 Å². The average molecular weight is 525 g/mol. The summed E-state index contributed by atoms with van der Waals surface area (Å²) in [5.74, 6) is 0.873. The lowest BCUT2D eigenvalue weighted by Crippen LogP contribution is -2.38. The van der Waals surface area contributed by atoms with Crippen LogP contribution in [0.15, 0.2) is 51.7 Å². The van der Waals surface area contributed by atoms with Gasteiger partial charge in [-0.2, -0.15) is 0 Å². The van der Waals surface area contributed by atoms with Gasteiger partial charge in [0, 0.05) is 10.8 Å². The lowest BCUT2D eigenvalue weighted by atomic mass is 10.2. The maximum absolute atomic E-state index is 13.5. The predicted octanol–water partition coefficient (Wildman–Crippen LogP) is 5.39. The molecule has 0 saturated heterocycles. The number of anilines is 2. The van der Waals surface area contributed by atoms with Crippen molar-refractivity contribution in [3.05, 3.63) is 58.6 Å². The van der Waals surface area contributed by atoms with E-state index in [1.165, 1.54) is 23.5 Å². The number of carbonyl (C=O) groups is 1. The largest absolute Gasteiger partial charge is 0.299 e. The van der Waals surface area contributed by atoms with E-state index in [2.05, 4.69) is 29.4 Å². The van der Waals surface area contributed by atoms with Crippen molar-refractivity contribution in [3.63, 3.8) is 0 Å². The van der Waals surface area contributed by atoms with Crippen LogP contribution in [0.3, 0.4) is 0 Å². The molecule has 1 N–H and O–H groups in total. The van der Waals surface area contributed by atoms with Crippen molar-refractivity contribution in [3.8, 4) is 0 Å². The highest BCUT2D eigenvalue weighted by atomic mass is 35.5. The molecular formula is C22H25ClN4O3S3. The molecule has 176 valence electrons. The molecule has 0 unspecified atom stereocenters. The number of aromatic nitrogens is 2. The Labute approximate surface area is 207 Å². The maximum Gasteiger partial charge on any atom is 0.264 e. The van der Waals surface area contributed by atoms with Gasteiger partial charge in [0.2, 0.25) is 11.0 Å². The Kier molecular flexibility index (Phi) is 8.38. The summed E-state index contributed by atoms with van der Waals surface area (Å²) >= 11 is 8.90. The van der Waals surface area contributed by atoms with Crippen LogP contribution >= 0.6 is 34.7 Å². The first-order chi connectivity index (χ1) is 15.6. The fourth-order valence-corrected chi connectivity index (χ4v) is 6.34. The minimum atomic E-state index is -4.01. The lowest BCUT2D eigenvalue weighted by molar-refractivity contribution is -0.114. The molecule has 0 spiro atoms. The number of benzene rings is 2. The molecule has 7 nitrogen and oxygen atoms in total. The van der Waals surface area contributed by atoms with Crippen LogP contribution in [0.1, 0.15) is 25.0 Å². The van der Waals surface area contributed by atoms with Crippen LogP contribution in [-0.2, 0) is 14.8 Å². The summed E-state index contributed by atoms with van der Waals surface area (Å²) in [5.41, 5.74) is 1.94. The van der Waals surface area contributed by atoms with E-state index < -0.39 is 22.5 Å². The Morgan fingerprint density at radius 1 is 1.15 bits per heavy atom. The minimum Gasteiger partial charge on any atom is -0.299 e. The molecule has 0 aliphatic heterocycles. The quantitative estimate of drug-likeness (QED) is 0.298. The molecule has 0 fully saturated rings. The summed E-state index contributed by atoms with van der Waals surface area (Å²) in [4.78, 5) is 13.0. The van der Waals surface area contributed by atoms with Gasteiger partial charge in [-0.3, -0.25) is 14.4 Å². The number of rotatable bonds is 9. The second-order valence-corrected chi connectivity index (χ2v) is 12.4. The number of amides is 1. The van der Waals surface area contributed by atoms with Crippen LogP contribution in [0, 0.1) is 19.8 Å². The summed E-state index contributed by atoms with van der Waals surface area (Å²) in [6.45, 7) is 7.42. The van der Waals surface area contributed by atoms with E-state index in [0.29, 0.717) is 27.3 Å². The summed E-state index contributed by atoms with van der Waals surface area (Å²) in [6, 6.07) is 11.4. The van der Waals surface area contributed by atoms with Gasteiger partial charge >= 0.3 is 0 Å². The van der Waals surface area contributed by atoms with Crippen molar-refractivity contribution < 1.29 is 13.2 Å². The Balaban J connectivity index is 1.87. The van der Waals surface area contributed by atoms with Gasteiger partial charge in [0.1, 0.15) is 6.54 Å². The zero-order valence-corrected chi connectivity index (χ0v) is 21.9. The molecule has 0 aliphatic carbocycles. The van der Waals surface area contributed by atoms with Crippen LogP contribution in [0.25, 0.3) is 0 Å². The van der Waals surface area contributed by atoms with Crippen molar-refractivity contribution in [2.24, 2.45) is 5.92 Å². The van der Waals surface area contributed by atoms with Crippen LogP contribution in [0.5, 0.6) is 0 Å². The number of nitrogens with zero attached hydrogens (tertiary/aromatic N) is 3. The third kappa shape index (κ3) is 6.69. The summed E-state index contributed by atoms with van der Waals surface area (Å²) in [5, 5.41) is 11.6. The van der Waals surface area contributed by atoms with E-state index in [9.17, 15) is 13.2 Å². The number of hydrogen-bond donors (Lipinski definition) is 1. The normalized spacial score (nSPS) is 11.6. The van der Waals surface area contributed by atoms with Crippen LogP contribution in [-0.4, -0.2) is 36.8 Å². The molecule has 0 atom stereocenters. The molecule has 3 rings (SSSR count). The maximum atomic E-state index is 13.5. The SMILES string of the molecule is Cc1ccc(S(=O)(=O)N(CC(=O)Nc2nnc(SCC(C)C)s2)c2ccc(Cl)cc2C)cc1. The Hall–Kier alpha value is -2.14. The van der Waals surface area contributed by atoms with Gasteiger partial charge in [-0.1, -0.05) is 66.2 Å². The fourth-order valence-electron chi connectivity index (χ4n) is 2.88. The molecule has 0 aliphatic rings. The third-order valence-corrected chi connectivity index (χ3v) is 8.92. The number of thioether (sulfide) groups is 1. The first kappa shape index (κ1) is 25.5. The highest BCUT2D eigenvalue weighted by Crippen LogP contribution is 2.30. The first-order valence-corrected chi connectivity index (χ1v) is 13.8. The Morgan fingerprint density at radius 2 is 1.85 bits per heavy atom. The number of carbonyl (C=O) groups excluding carboxylic acids is 1. The van der Waals surface area contributed by atoms with Gasteiger partial charge in [-0.15, -0.1) is 10.2 Å². The topological polar surface area (TPSA) is 92.3 Å². The molecule has 1 heterocycles. The summed E-state index contributed by atoms with van der Waals surface area (Å²) in [6.07, 6.45) is 0. The van der Waals surface area contributed by atoms with E-state index in [0.717, 1.165) is 20.0 Å². The number of aryl methyl sites for hydroxylation is 2. The molecule has 0 bridgehead atoms. The second-order valence-electron chi connectivity index (χ2n) is 7.88. The molecule has 0 radical (unpaired) electrons. The van der Waals surface area contributed by atoms with E-state index in [1.807, 2.05) is 6.92 Å². The first-order valence-electron chi connectivity index (χ1n) is 10.2. The second kappa shape index (κ2) is 10.9. The zero-order chi connectivity index (χ0) is 24.2. The van der Waals surface area contributed by atoms with Crippen molar-refractivity contribution in [1.29, 1.82) is 0 Å². The molecule has 1 aromatic heterocycles. The molecule has 0 saturated carbocycles. The number of nitrogens with one attached hydrogen (secondary N) is 1. The van der Waals surface area contributed by atoms with Crippen LogP contribution in [0.4, 0.5) is 10.8 Å². The van der Waals surface area contributed by atoms with Crippen LogP contribution < -0.4 is 9.62 Å². The molecule has 1 amide bonds. The standard InChI is InChI=1S/C22H25ClN4O3S3/c1-14(2)13-31-22-26-25-21(32-22)24-20(28)12-27(19-10-7-17(23)11-16(19)4)33(29,30)18-8-5-15(3)6-9-18/h5-11,14H,12-13H2,1-4H3,(H,24,25,28). The molecule has 33 heavy (non-hydrogen) atoms. The molecule has 11 heteroatoms. The predicted molar refractivity (Wildman–Crippen MR) is 136 cm³/mol. The van der Waals surface area contributed by atoms with Gasteiger partial charge in [0.05, 0.1) is 10.6 Å². The van der Waals surface area contributed by atoms with Gasteiger partial charge < -0.3 is 0 Å². The van der Waals surface area contributed by atoms with Crippen molar-refractivity contribution >= 4 is 61.4 Å². The molecule has 2 aromatic carbocycles. The van der Waals surface area contributed by atoms with Gasteiger partial charge in [0.15, 0.2) is 4.34 Å². The number of hydrogen-bond acceptors (Lipinski definition) is 7. The van der Waals surface area contributed by atoms with Crippen molar-refractivity contribution in [2.75, 3.05) is 21.9 Å². The van der Waals surface area contributed by atoms with Gasteiger partial charge in [0.25, 0.3) is 10.0 Å². The highest BCUT2D eigenvalue weighted by molar-refractivity contribution is 8.01. The summed E-state index contributed by atoms with van der Waals surface area (Å²) < 4.78 is 28.9. The fraction of sp³-hybridized carbons (Fsp3) is 0.318. The average Bonchev–Trinajstić information content (AvgIpc) is 3.18. The number of sulfonamides is 1. The third-order valence-electron chi connectivity index (χ3n) is 4.52. The Bertz CT molecular complexity index is 1230. The van der Waals surface area contributed by atoms with Crippen molar-refractivity contribution in [1.82, 2.24) is 10.2 Å². The number of halogens is 1. The van der Waals surface area contributed by atoms with E-state index in [-0.39, 0.29) is 4.90 Å². The lowest BCUT2D eigenvalue weighted by Gasteiger charge is -2.25.